The molecular formula is C14H12BrN3O2S. The molecule has 0 unspecified atom stereocenters. The molecule has 0 fully saturated rings. The minimum absolute atomic E-state index is 0.174. The van der Waals surface area contributed by atoms with Crippen LogP contribution in [0.15, 0.2) is 52.0 Å². The molecule has 0 radical (unpaired) electrons. The number of hydrazone groups is 1. The molecule has 0 spiro atoms. The van der Waals surface area contributed by atoms with E-state index in [4.69, 9.17) is 12.2 Å². The number of thiocarbonyl (C=S) groups is 1. The van der Waals surface area contributed by atoms with Gasteiger partial charge in [-0.3, -0.25) is 5.43 Å². The minimum atomic E-state index is -0.200. The van der Waals surface area contributed by atoms with Crippen molar-refractivity contribution in [2.75, 3.05) is 5.32 Å². The van der Waals surface area contributed by atoms with Crippen LogP contribution in [0.5, 0.6) is 11.5 Å². The summed E-state index contributed by atoms with van der Waals surface area (Å²) in [5.74, 6) is -0.374. The van der Waals surface area contributed by atoms with Gasteiger partial charge >= 0.3 is 0 Å². The maximum atomic E-state index is 9.35. The summed E-state index contributed by atoms with van der Waals surface area (Å²) in [4.78, 5) is 0. The highest BCUT2D eigenvalue weighted by Crippen LogP contribution is 2.23. The maximum Gasteiger partial charge on any atom is 0.191 e. The van der Waals surface area contributed by atoms with Crippen LogP contribution in [0.4, 0.5) is 5.69 Å². The number of anilines is 1. The van der Waals surface area contributed by atoms with Gasteiger partial charge in [0.1, 0.15) is 0 Å². The average molecular weight is 366 g/mol. The van der Waals surface area contributed by atoms with Crippen molar-refractivity contribution in [2.45, 2.75) is 0 Å². The van der Waals surface area contributed by atoms with Crippen molar-refractivity contribution < 1.29 is 10.2 Å². The molecule has 0 heterocycles. The van der Waals surface area contributed by atoms with E-state index in [1.807, 2.05) is 24.3 Å². The summed E-state index contributed by atoms with van der Waals surface area (Å²) >= 11 is 8.47. The Labute approximate surface area is 135 Å². The summed E-state index contributed by atoms with van der Waals surface area (Å²) in [6, 6.07) is 12.0. The molecule has 0 aliphatic carbocycles. The van der Waals surface area contributed by atoms with Crippen LogP contribution in [0.3, 0.4) is 0 Å². The Morgan fingerprint density at radius 2 is 1.95 bits per heavy atom. The molecule has 2 aromatic rings. The van der Waals surface area contributed by atoms with Crippen molar-refractivity contribution in [2.24, 2.45) is 5.10 Å². The van der Waals surface area contributed by atoms with Gasteiger partial charge < -0.3 is 15.5 Å². The number of nitrogens with one attached hydrogen (secondary N) is 2. The van der Waals surface area contributed by atoms with Crippen molar-refractivity contribution in [1.29, 1.82) is 0 Å². The Balaban J connectivity index is 1.91. The summed E-state index contributed by atoms with van der Waals surface area (Å²) in [6.45, 7) is 0. The monoisotopic (exact) mass is 365 g/mol. The fourth-order valence-corrected chi connectivity index (χ4v) is 2.08. The average Bonchev–Trinajstić information content (AvgIpc) is 2.43. The zero-order valence-electron chi connectivity index (χ0n) is 10.7. The summed E-state index contributed by atoms with van der Waals surface area (Å²) in [5, 5.41) is 25.8. The Morgan fingerprint density at radius 1 is 1.14 bits per heavy atom. The van der Waals surface area contributed by atoms with E-state index in [9.17, 15) is 10.2 Å². The number of nitrogens with zero attached hydrogens (tertiary/aromatic N) is 1. The second kappa shape index (κ2) is 7.05. The van der Waals surface area contributed by atoms with Gasteiger partial charge in [0.2, 0.25) is 0 Å². The molecule has 7 heteroatoms. The normalized spacial score (nSPS) is 10.5. The number of phenolic OH excluding ortho intramolecular Hbond substituents is 2. The van der Waals surface area contributed by atoms with Gasteiger partial charge in [-0.2, -0.15) is 5.10 Å². The highest BCUT2D eigenvalue weighted by molar-refractivity contribution is 9.10. The van der Waals surface area contributed by atoms with Crippen molar-refractivity contribution in [1.82, 2.24) is 5.43 Å². The molecule has 0 atom stereocenters. The fraction of sp³-hybridized carbons (Fsp3) is 0. The molecule has 0 saturated carbocycles. The van der Waals surface area contributed by atoms with Crippen LogP contribution in [-0.2, 0) is 0 Å². The summed E-state index contributed by atoms with van der Waals surface area (Å²) < 4.78 is 0.943. The summed E-state index contributed by atoms with van der Waals surface area (Å²) in [5.41, 5.74) is 4.12. The number of hydrogen-bond acceptors (Lipinski definition) is 4. The third-order valence-corrected chi connectivity index (χ3v) is 3.15. The van der Waals surface area contributed by atoms with E-state index in [1.54, 1.807) is 6.07 Å². The lowest BCUT2D eigenvalue weighted by Gasteiger charge is -2.07. The van der Waals surface area contributed by atoms with Crippen LogP contribution in [0.25, 0.3) is 0 Å². The van der Waals surface area contributed by atoms with E-state index >= 15 is 0 Å². The van der Waals surface area contributed by atoms with Gasteiger partial charge in [-0.05, 0) is 54.2 Å². The van der Waals surface area contributed by atoms with Crippen LogP contribution in [0, 0.1) is 0 Å². The Hall–Kier alpha value is -2.12. The molecule has 108 valence electrons. The van der Waals surface area contributed by atoms with E-state index in [0.29, 0.717) is 10.7 Å². The predicted octanol–water partition coefficient (Wildman–Crippen LogP) is 3.18. The zero-order chi connectivity index (χ0) is 15.2. The first kappa shape index (κ1) is 15.3. The van der Waals surface area contributed by atoms with E-state index in [1.165, 1.54) is 18.3 Å². The largest absolute Gasteiger partial charge is 0.504 e. The summed E-state index contributed by atoms with van der Waals surface area (Å²) in [7, 11) is 0. The van der Waals surface area contributed by atoms with Gasteiger partial charge in [0.25, 0.3) is 0 Å². The van der Waals surface area contributed by atoms with E-state index in [0.717, 1.165) is 10.2 Å². The summed E-state index contributed by atoms with van der Waals surface area (Å²) in [6.07, 6.45) is 1.48. The lowest BCUT2D eigenvalue weighted by atomic mass is 10.2. The van der Waals surface area contributed by atoms with Gasteiger partial charge in [-0.15, -0.1) is 0 Å². The smallest absolute Gasteiger partial charge is 0.191 e. The number of rotatable bonds is 3. The topological polar surface area (TPSA) is 76.9 Å². The van der Waals surface area contributed by atoms with E-state index in [2.05, 4.69) is 31.8 Å². The standard InChI is InChI=1S/C14H12BrN3O2S/c15-10-2-1-3-11(7-10)17-14(21)18-16-8-9-4-5-12(19)13(20)6-9/h1-8,19-20H,(H2,17,18,21)/b16-8+. The molecule has 2 aromatic carbocycles. The molecule has 0 amide bonds. The number of benzene rings is 2. The molecule has 5 nitrogen and oxygen atoms in total. The predicted molar refractivity (Wildman–Crippen MR) is 90.9 cm³/mol. The second-order valence-electron chi connectivity index (χ2n) is 4.08. The minimum Gasteiger partial charge on any atom is -0.504 e. The third-order valence-electron chi connectivity index (χ3n) is 2.46. The van der Waals surface area contributed by atoms with Crippen LogP contribution < -0.4 is 10.7 Å². The molecule has 4 N–H and O–H groups in total. The highest BCUT2D eigenvalue weighted by Gasteiger charge is 1.99. The number of phenols is 2. The fourth-order valence-electron chi connectivity index (χ4n) is 1.51. The van der Waals surface area contributed by atoms with Crippen LogP contribution in [-0.4, -0.2) is 21.5 Å². The quantitative estimate of drug-likeness (QED) is 0.291. The van der Waals surface area contributed by atoms with Crippen LogP contribution in [0.1, 0.15) is 5.56 Å². The zero-order valence-corrected chi connectivity index (χ0v) is 13.1. The molecular weight excluding hydrogens is 354 g/mol. The Morgan fingerprint density at radius 3 is 2.67 bits per heavy atom. The van der Waals surface area contributed by atoms with E-state index < -0.39 is 0 Å². The van der Waals surface area contributed by atoms with Crippen LogP contribution in [0.2, 0.25) is 0 Å². The molecule has 21 heavy (non-hydrogen) atoms. The number of hydrogen-bond donors (Lipinski definition) is 4. The first-order valence-corrected chi connectivity index (χ1v) is 7.12. The Bertz CT molecular complexity index is 692. The molecule has 0 saturated heterocycles. The molecule has 0 aliphatic rings. The van der Waals surface area contributed by atoms with Crippen molar-refractivity contribution in [3.63, 3.8) is 0 Å². The van der Waals surface area contributed by atoms with Crippen LogP contribution >= 0.6 is 28.1 Å². The third kappa shape index (κ3) is 4.73. The number of halogens is 1. The van der Waals surface area contributed by atoms with Crippen molar-refractivity contribution >= 4 is 45.2 Å². The van der Waals surface area contributed by atoms with Gasteiger partial charge in [0, 0.05) is 10.2 Å². The lowest BCUT2D eigenvalue weighted by Crippen LogP contribution is -2.23. The van der Waals surface area contributed by atoms with Gasteiger partial charge in [-0.25, -0.2) is 0 Å². The van der Waals surface area contributed by atoms with Crippen molar-refractivity contribution in [3.8, 4) is 11.5 Å². The van der Waals surface area contributed by atoms with Crippen molar-refractivity contribution in [3.05, 3.63) is 52.5 Å². The molecule has 0 bridgehead atoms. The van der Waals surface area contributed by atoms with Gasteiger partial charge in [-0.1, -0.05) is 22.0 Å². The molecule has 0 aliphatic heterocycles. The molecule has 0 aromatic heterocycles. The first-order valence-electron chi connectivity index (χ1n) is 5.92. The number of aromatic hydroxyl groups is 2. The van der Waals surface area contributed by atoms with E-state index in [-0.39, 0.29) is 11.5 Å². The highest BCUT2D eigenvalue weighted by atomic mass is 79.9. The SMILES string of the molecule is Oc1ccc(/C=N/NC(=S)Nc2cccc(Br)c2)cc1O. The molecule has 2 rings (SSSR count). The first-order chi connectivity index (χ1) is 10.0. The second-order valence-corrected chi connectivity index (χ2v) is 5.41. The Kier molecular flexibility index (Phi) is 5.13. The van der Waals surface area contributed by atoms with Gasteiger partial charge in [0.15, 0.2) is 16.6 Å². The maximum absolute atomic E-state index is 9.35. The lowest BCUT2D eigenvalue weighted by molar-refractivity contribution is 0.403. The van der Waals surface area contributed by atoms with Gasteiger partial charge in [0.05, 0.1) is 6.21 Å².